The van der Waals surface area contributed by atoms with Crippen molar-refractivity contribution in [3.63, 3.8) is 0 Å². The molecular weight excluding hydrogens is 326 g/mol. The van der Waals surface area contributed by atoms with Gasteiger partial charge in [0, 0.05) is 55.9 Å². The molecule has 1 aromatic rings. The zero-order chi connectivity index (χ0) is 17.6. The van der Waals surface area contributed by atoms with Crippen LogP contribution in [0.1, 0.15) is 16.8 Å². The van der Waals surface area contributed by atoms with Crippen LogP contribution < -0.4 is 5.32 Å². The summed E-state index contributed by atoms with van der Waals surface area (Å²) >= 11 is 0. The third-order valence-electron chi connectivity index (χ3n) is 4.81. The predicted octanol–water partition coefficient (Wildman–Crippen LogP) is 1.06. The van der Waals surface area contributed by atoms with E-state index < -0.39 is 4.92 Å². The lowest BCUT2D eigenvalue weighted by Crippen LogP contribution is -2.52. The standard InChI is InChI=1S/C17H23N3O5/c21-17(13-2-1-3-15(10-13)20(22)23)18-11-16(14-4-7-25-12-14)19-5-8-24-9-6-19/h1-3,10,14,16H,4-9,11-12H2,(H,18,21). The van der Waals surface area contributed by atoms with Gasteiger partial charge in [-0.1, -0.05) is 6.07 Å². The Morgan fingerprint density at radius 3 is 2.80 bits per heavy atom. The van der Waals surface area contributed by atoms with E-state index in [2.05, 4.69) is 10.2 Å². The fraction of sp³-hybridized carbons (Fsp3) is 0.588. The number of nitrogens with zero attached hydrogens (tertiary/aromatic N) is 2. The molecule has 0 aromatic heterocycles. The molecule has 2 atom stereocenters. The minimum atomic E-state index is -0.497. The number of hydrogen-bond acceptors (Lipinski definition) is 6. The molecule has 8 heteroatoms. The molecule has 0 spiro atoms. The van der Waals surface area contributed by atoms with E-state index in [1.54, 1.807) is 6.07 Å². The summed E-state index contributed by atoms with van der Waals surface area (Å²) in [5, 5.41) is 13.8. The summed E-state index contributed by atoms with van der Waals surface area (Å²) in [4.78, 5) is 25.1. The average Bonchev–Trinajstić information content (AvgIpc) is 3.17. The van der Waals surface area contributed by atoms with Crippen molar-refractivity contribution >= 4 is 11.6 Å². The van der Waals surface area contributed by atoms with E-state index in [0.29, 0.717) is 37.8 Å². The molecule has 2 fully saturated rings. The van der Waals surface area contributed by atoms with Crippen molar-refractivity contribution in [3.05, 3.63) is 39.9 Å². The lowest BCUT2D eigenvalue weighted by Gasteiger charge is -2.37. The summed E-state index contributed by atoms with van der Waals surface area (Å²) in [6.45, 7) is 5.03. The number of benzene rings is 1. The van der Waals surface area contributed by atoms with Crippen molar-refractivity contribution in [2.75, 3.05) is 46.1 Å². The number of morpholine rings is 1. The smallest absolute Gasteiger partial charge is 0.270 e. The zero-order valence-electron chi connectivity index (χ0n) is 14.1. The van der Waals surface area contributed by atoms with Crippen molar-refractivity contribution in [1.82, 2.24) is 10.2 Å². The Hall–Kier alpha value is -2.03. The van der Waals surface area contributed by atoms with E-state index in [1.807, 2.05) is 0 Å². The van der Waals surface area contributed by atoms with Gasteiger partial charge in [-0.05, 0) is 12.5 Å². The Morgan fingerprint density at radius 2 is 2.12 bits per heavy atom. The van der Waals surface area contributed by atoms with Gasteiger partial charge in [-0.3, -0.25) is 19.8 Å². The Kier molecular flexibility index (Phi) is 5.95. The maximum atomic E-state index is 12.4. The number of nitro benzene ring substituents is 1. The molecule has 0 radical (unpaired) electrons. The third kappa shape index (κ3) is 4.53. The van der Waals surface area contributed by atoms with Crippen LogP contribution in [0.5, 0.6) is 0 Å². The van der Waals surface area contributed by atoms with Gasteiger partial charge in [0.2, 0.25) is 0 Å². The van der Waals surface area contributed by atoms with Crippen LogP contribution in [0.2, 0.25) is 0 Å². The first-order valence-corrected chi connectivity index (χ1v) is 8.57. The number of amides is 1. The second-order valence-corrected chi connectivity index (χ2v) is 6.36. The Labute approximate surface area is 146 Å². The van der Waals surface area contributed by atoms with Crippen molar-refractivity contribution in [3.8, 4) is 0 Å². The molecule has 3 rings (SSSR count). The number of nitro groups is 1. The van der Waals surface area contributed by atoms with E-state index >= 15 is 0 Å². The number of non-ortho nitro benzene ring substituents is 1. The predicted molar refractivity (Wildman–Crippen MR) is 90.5 cm³/mol. The lowest BCUT2D eigenvalue weighted by molar-refractivity contribution is -0.384. The monoisotopic (exact) mass is 349 g/mol. The molecule has 1 N–H and O–H groups in total. The molecule has 25 heavy (non-hydrogen) atoms. The number of ether oxygens (including phenoxy) is 2. The highest BCUT2D eigenvalue weighted by Crippen LogP contribution is 2.22. The minimum absolute atomic E-state index is 0.0819. The van der Waals surface area contributed by atoms with Gasteiger partial charge in [0.25, 0.3) is 11.6 Å². The lowest BCUT2D eigenvalue weighted by atomic mass is 9.96. The highest BCUT2D eigenvalue weighted by Gasteiger charge is 2.31. The maximum absolute atomic E-state index is 12.4. The molecule has 2 aliphatic heterocycles. The maximum Gasteiger partial charge on any atom is 0.270 e. The first kappa shape index (κ1) is 17.8. The van der Waals surface area contributed by atoms with E-state index in [0.717, 1.165) is 26.1 Å². The van der Waals surface area contributed by atoms with Gasteiger partial charge in [-0.25, -0.2) is 0 Å². The van der Waals surface area contributed by atoms with E-state index in [4.69, 9.17) is 9.47 Å². The summed E-state index contributed by atoms with van der Waals surface area (Å²) < 4.78 is 10.9. The van der Waals surface area contributed by atoms with E-state index in [9.17, 15) is 14.9 Å². The van der Waals surface area contributed by atoms with Gasteiger partial charge >= 0.3 is 0 Å². The molecule has 2 aliphatic rings. The van der Waals surface area contributed by atoms with Gasteiger partial charge in [0.1, 0.15) is 0 Å². The molecule has 0 saturated carbocycles. The minimum Gasteiger partial charge on any atom is -0.381 e. The molecule has 8 nitrogen and oxygen atoms in total. The quantitative estimate of drug-likeness (QED) is 0.610. The second kappa shape index (κ2) is 8.37. The number of carbonyl (C=O) groups excluding carboxylic acids is 1. The van der Waals surface area contributed by atoms with Gasteiger partial charge in [-0.15, -0.1) is 0 Å². The molecule has 1 aromatic carbocycles. The number of carbonyl (C=O) groups is 1. The number of nitrogens with one attached hydrogen (secondary N) is 1. The summed E-state index contributed by atoms with van der Waals surface area (Å²) in [5.41, 5.74) is 0.221. The fourth-order valence-corrected chi connectivity index (χ4v) is 3.42. The fourth-order valence-electron chi connectivity index (χ4n) is 3.42. The van der Waals surface area contributed by atoms with Crippen LogP contribution in [0.4, 0.5) is 5.69 Å². The summed E-state index contributed by atoms with van der Waals surface area (Å²) in [7, 11) is 0. The van der Waals surface area contributed by atoms with Crippen LogP contribution in [0.25, 0.3) is 0 Å². The van der Waals surface area contributed by atoms with Crippen molar-refractivity contribution in [1.29, 1.82) is 0 Å². The summed E-state index contributed by atoms with van der Waals surface area (Å²) in [5.74, 6) is 0.0874. The Balaban J connectivity index is 1.64. The number of rotatable bonds is 6. The normalized spacial score (nSPS) is 22.5. The summed E-state index contributed by atoms with van der Waals surface area (Å²) in [6.07, 6.45) is 0.981. The van der Waals surface area contributed by atoms with Gasteiger partial charge in [0.05, 0.1) is 24.7 Å². The molecule has 0 bridgehead atoms. The largest absolute Gasteiger partial charge is 0.381 e. The highest BCUT2D eigenvalue weighted by molar-refractivity contribution is 5.94. The Bertz CT molecular complexity index is 612. The van der Waals surface area contributed by atoms with Crippen molar-refractivity contribution < 1.29 is 19.2 Å². The van der Waals surface area contributed by atoms with Crippen LogP contribution in [0, 0.1) is 16.0 Å². The molecule has 136 valence electrons. The molecule has 2 heterocycles. The zero-order valence-corrected chi connectivity index (χ0v) is 14.1. The molecule has 0 aliphatic carbocycles. The van der Waals surface area contributed by atoms with E-state index in [-0.39, 0.29) is 17.6 Å². The van der Waals surface area contributed by atoms with E-state index in [1.165, 1.54) is 18.2 Å². The first-order valence-electron chi connectivity index (χ1n) is 8.57. The van der Waals surface area contributed by atoms with Crippen LogP contribution in [-0.4, -0.2) is 67.8 Å². The first-order chi connectivity index (χ1) is 12.1. The third-order valence-corrected chi connectivity index (χ3v) is 4.81. The SMILES string of the molecule is O=C(NCC(C1CCOC1)N1CCOCC1)c1cccc([N+](=O)[O-])c1. The highest BCUT2D eigenvalue weighted by atomic mass is 16.6. The molecule has 2 unspecified atom stereocenters. The van der Waals surface area contributed by atoms with Gasteiger partial charge in [-0.2, -0.15) is 0 Å². The van der Waals surface area contributed by atoms with Crippen LogP contribution in [0.15, 0.2) is 24.3 Å². The van der Waals surface area contributed by atoms with Crippen LogP contribution >= 0.6 is 0 Å². The van der Waals surface area contributed by atoms with Crippen LogP contribution in [0.3, 0.4) is 0 Å². The van der Waals surface area contributed by atoms with Crippen LogP contribution in [-0.2, 0) is 9.47 Å². The molecule has 1 amide bonds. The van der Waals surface area contributed by atoms with Crippen molar-refractivity contribution in [2.24, 2.45) is 5.92 Å². The van der Waals surface area contributed by atoms with Crippen molar-refractivity contribution in [2.45, 2.75) is 12.5 Å². The Morgan fingerprint density at radius 1 is 1.32 bits per heavy atom. The average molecular weight is 349 g/mol. The van der Waals surface area contributed by atoms with Gasteiger partial charge in [0.15, 0.2) is 0 Å². The topological polar surface area (TPSA) is 93.9 Å². The second-order valence-electron chi connectivity index (χ2n) is 6.36. The molecule has 2 saturated heterocycles. The molecular formula is C17H23N3O5. The summed E-state index contributed by atoms with van der Waals surface area (Å²) in [6, 6.07) is 5.98. The van der Waals surface area contributed by atoms with Gasteiger partial charge < -0.3 is 14.8 Å². The number of hydrogen-bond donors (Lipinski definition) is 1.